The summed E-state index contributed by atoms with van der Waals surface area (Å²) in [6.45, 7) is 6.69. The van der Waals surface area contributed by atoms with E-state index in [-0.39, 0.29) is 5.78 Å². The predicted molar refractivity (Wildman–Crippen MR) is 89.0 cm³/mol. The van der Waals surface area contributed by atoms with Gasteiger partial charge in [-0.3, -0.25) is 9.69 Å². The molecule has 0 spiro atoms. The van der Waals surface area contributed by atoms with Crippen molar-refractivity contribution in [1.29, 1.82) is 0 Å². The number of morpholine rings is 1. The van der Waals surface area contributed by atoms with E-state index in [0.29, 0.717) is 28.8 Å². The van der Waals surface area contributed by atoms with Gasteiger partial charge in [-0.15, -0.1) is 11.8 Å². The molecule has 0 amide bonds. The van der Waals surface area contributed by atoms with Crippen molar-refractivity contribution >= 4 is 40.7 Å². The van der Waals surface area contributed by atoms with Crippen LogP contribution in [0.1, 0.15) is 24.2 Å². The summed E-state index contributed by atoms with van der Waals surface area (Å²) in [6, 6.07) is 3.42. The van der Waals surface area contributed by atoms with Gasteiger partial charge in [0.2, 0.25) is 0 Å². The molecule has 1 heterocycles. The summed E-state index contributed by atoms with van der Waals surface area (Å²) in [6.07, 6.45) is 1.91. The van der Waals surface area contributed by atoms with Gasteiger partial charge in [0, 0.05) is 23.5 Å². The Morgan fingerprint density at radius 1 is 1.24 bits per heavy atom. The van der Waals surface area contributed by atoms with Gasteiger partial charge < -0.3 is 4.74 Å². The number of ether oxygens (including phenoxy) is 1. The Bertz CT molecular complexity index is 519. The molecular weight excluding hydrogens is 329 g/mol. The third kappa shape index (κ3) is 3.57. The van der Waals surface area contributed by atoms with Gasteiger partial charge in [0.05, 0.1) is 28.8 Å². The van der Waals surface area contributed by atoms with Gasteiger partial charge in [0.15, 0.2) is 5.78 Å². The molecule has 0 radical (unpaired) electrons. The van der Waals surface area contributed by atoms with E-state index in [4.69, 9.17) is 27.9 Å². The first-order valence-electron chi connectivity index (χ1n) is 6.78. The monoisotopic (exact) mass is 347 g/mol. The van der Waals surface area contributed by atoms with Gasteiger partial charge in [-0.05, 0) is 32.2 Å². The lowest BCUT2D eigenvalue weighted by Crippen LogP contribution is -2.54. The van der Waals surface area contributed by atoms with Gasteiger partial charge >= 0.3 is 0 Å². The molecule has 2 rings (SSSR count). The number of hydrogen-bond acceptors (Lipinski definition) is 4. The highest BCUT2D eigenvalue weighted by atomic mass is 35.5. The SMILES string of the molecule is CSc1c(Cl)cc(C(=O)C(C)(C)N2CCOCC2)cc1Cl. The Hall–Kier alpha value is -0.260. The van der Waals surface area contributed by atoms with E-state index in [0.717, 1.165) is 18.0 Å². The zero-order chi connectivity index (χ0) is 15.6. The van der Waals surface area contributed by atoms with Crippen molar-refractivity contribution in [1.82, 2.24) is 4.90 Å². The molecule has 21 heavy (non-hydrogen) atoms. The van der Waals surface area contributed by atoms with Crippen LogP contribution in [0, 0.1) is 0 Å². The van der Waals surface area contributed by atoms with E-state index in [1.165, 1.54) is 11.8 Å². The van der Waals surface area contributed by atoms with Crippen LogP contribution in [0.25, 0.3) is 0 Å². The Morgan fingerprint density at radius 2 is 1.76 bits per heavy atom. The maximum Gasteiger partial charge on any atom is 0.182 e. The fourth-order valence-electron chi connectivity index (χ4n) is 2.51. The van der Waals surface area contributed by atoms with Crippen molar-refractivity contribution in [3.63, 3.8) is 0 Å². The summed E-state index contributed by atoms with van der Waals surface area (Å²) in [5.41, 5.74) is -0.0450. The molecule has 0 atom stereocenters. The number of nitrogens with zero attached hydrogens (tertiary/aromatic N) is 1. The smallest absolute Gasteiger partial charge is 0.182 e. The van der Waals surface area contributed by atoms with Gasteiger partial charge in [0.1, 0.15) is 0 Å². The van der Waals surface area contributed by atoms with E-state index in [1.807, 2.05) is 20.1 Å². The number of rotatable bonds is 4. The lowest BCUT2D eigenvalue weighted by molar-refractivity contribution is -0.00430. The first-order chi connectivity index (χ1) is 9.87. The van der Waals surface area contributed by atoms with Gasteiger partial charge in [0.25, 0.3) is 0 Å². The van der Waals surface area contributed by atoms with Crippen molar-refractivity contribution in [2.24, 2.45) is 0 Å². The number of thioether (sulfide) groups is 1. The van der Waals surface area contributed by atoms with E-state index >= 15 is 0 Å². The van der Waals surface area contributed by atoms with Gasteiger partial charge in [-0.1, -0.05) is 23.2 Å². The molecule has 0 aliphatic carbocycles. The topological polar surface area (TPSA) is 29.5 Å². The highest BCUT2D eigenvalue weighted by molar-refractivity contribution is 7.98. The van der Waals surface area contributed by atoms with E-state index in [2.05, 4.69) is 4.90 Å². The zero-order valence-corrected chi connectivity index (χ0v) is 14.7. The summed E-state index contributed by atoms with van der Waals surface area (Å²) in [5, 5.41) is 1.05. The van der Waals surface area contributed by atoms with Crippen molar-refractivity contribution in [3.05, 3.63) is 27.7 Å². The van der Waals surface area contributed by atoms with Crippen LogP contribution in [0.5, 0.6) is 0 Å². The first-order valence-corrected chi connectivity index (χ1v) is 8.76. The van der Waals surface area contributed by atoms with Crippen molar-refractivity contribution < 1.29 is 9.53 Å². The van der Waals surface area contributed by atoms with Crippen LogP contribution in [-0.2, 0) is 4.74 Å². The average Bonchev–Trinajstić information content (AvgIpc) is 2.47. The van der Waals surface area contributed by atoms with Crippen LogP contribution in [0.3, 0.4) is 0 Å². The third-order valence-corrected chi connectivity index (χ3v) is 5.49. The van der Waals surface area contributed by atoms with Crippen molar-refractivity contribution in [2.75, 3.05) is 32.6 Å². The molecule has 1 fully saturated rings. The summed E-state index contributed by atoms with van der Waals surface area (Å²) >= 11 is 13.9. The van der Waals surface area contributed by atoms with E-state index < -0.39 is 5.54 Å². The number of carbonyl (C=O) groups is 1. The number of Topliss-reactive ketones (excluding diaryl/α,β-unsaturated/α-hetero) is 1. The fourth-order valence-corrected chi connectivity index (χ4v) is 3.96. The van der Waals surface area contributed by atoms with Crippen LogP contribution in [0.2, 0.25) is 10.0 Å². The molecule has 1 aromatic rings. The number of benzene rings is 1. The lowest BCUT2D eigenvalue weighted by Gasteiger charge is -2.39. The van der Waals surface area contributed by atoms with Gasteiger partial charge in [-0.2, -0.15) is 0 Å². The molecule has 0 N–H and O–H groups in total. The molecule has 1 aromatic carbocycles. The minimum absolute atomic E-state index is 0.0286. The molecule has 0 bridgehead atoms. The average molecular weight is 348 g/mol. The summed E-state index contributed by atoms with van der Waals surface area (Å²) in [5.74, 6) is 0.0286. The number of ketones is 1. The second-order valence-electron chi connectivity index (χ2n) is 5.46. The number of carbonyl (C=O) groups excluding carboxylic acids is 1. The number of hydrogen-bond donors (Lipinski definition) is 0. The van der Waals surface area contributed by atoms with E-state index in [1.54, 1.807) is 12.1 Å². The molecule has 1 aliphatic heterocycles. The minimum atomic E-state index is -0.600. The quantitative estimate of drug-likeness (QED) is 0.607. The van der Waals surface area contributed by atoms with Crippen molar-refractivity contribution in [2.45, 2.75) is 24.3 Å². The highest BCUT2D eigenvalue weighted by Gasteiger charge is 2.36. The molecule has 6 heteroatoms. The summed E-state index contributed by atoms with van der Waals surface area (Å²) < 4.78 is 5.35. The molecule has 0 unspecified atom stereocenters. The summed E-state index contributed by atoms with van der Waals surface area (Å²) in [4.78, 5) is 15.8. The Kier molecular flexibility index (Phi) is 5.60. The second-order valence-corrected chi connectivity index (χ2v) is 7.09. The Morgan fingerprint density at radius 3 is 2.24 bits per heavy atom. The molecule has 1 aliphatic rings. The molecule has 3 nitrogen and oxygen atoms in total. The van der Waals surface area contributed by atoms with Crippen LogP contribution in [0.15, 0.2) is 17.0 Å². The zero-order valence-electron chi connectivity index (χ0n) is 12.4. The maximum atomic E-state index is 12.9. The van der Waals surface area contributed by atoms with Crippen LogP contribution in [0.4, 0.5) is 0 Å². The number of halogens is 2. The largest absolute Gasteiger partial charge is 0.379 e. The standard InChI is InChI=1S/C15H19Cl2NO2S/c1-15(2,18-4-6-20-7-5-18)14(19)10-8-11(16)13(21-3)12(17)9-10/h8-9H,4-7H2,1-3H3. The second kappa shape index (κ2) is 6.88. The molecular formula is C15H19Cl2NO2S. The Labute approximate surface area is 139 Å². The molecule has 0 aromatic heterocycles. The minimum Gasteiger partial charge on any atom is -0.379 e. The van der Waals surface area contributed by atoms with Crippen LogP contribution >= 0.6 is 35.0 Å². The lowest BCUT2D eigenvalue weighted by atomic mass is 9.91. The fraction of sp³-hybridized carbons (Fsp3) is 0.533. The molecule has 1 saturated heterocycles. The van der Waals surface area contributed by atoms with Crippen molar-refractivity contribution in [3.8, 4) is 0 Å². The van der Waals surface area contributed by atoms with Crippen LogP contribution < -0.4 is 0 Å². The summed E-state index contributed by atoms with van der Waals surface area (Å²) in [7, 11) is 0. The molecule has 116 valence electrons. The highest BCUT2D eigenvalue weighted by Crippen LogP contribution is 2.35. The maximum absolute atomic E-state index is 12.9. The van der Waals surface area contributed by atoms with Crippen LogP contribution in [-0.4, -0.2) is 48.8 Å². The van der Waals surface area contributed by atoms with Gasteiger partial charge in [-0.25, -0.2) is 0 Å². The van der Waals surface area contributed by atoms with E-state index in [9.17, 15) is 4.79 Å². The Balaban J connectivity index is 2.30. The first kappa shape index (κ1) is 17.1. The normalized spacial score (nSPS) is 17.0. The predicted octanol–water partition coefficient (Wildman–Crippen LogP) is 4.01. The third-order valence-electron chi connectivity index (χ3n) is 3.82. The molecule has 0 saturated carbocycles.